The van der Waals surface area contributed by atoms with E-state index in [9.17, 15) is 14.7 Å². The highest BCUT2D eigenvalue weighted by atomic mass is 127. The number of benzene rings is 4. The van der Waals surface area contributed by atoms with Gasteiger partial charge in [0.25, 0.3) is 0 Å². The van der Waals surface area contributed by atoms with Crippen LogP contribution in [0.15, 0.2) is 127 Å². The lowest BCUT2D eigenvalue weighted by Gasteiger charge is -2.33. The normalized spacial score (nSPS) is 13.7. The Bertz CT molecular complexity index is 2360. The van der Waals surface area contributed by atoms with E-state index in [1.807, 2.05) is 85.8 Å². The molecule has 0 radical (unpaired) electrons. The van der Waals surface area contributed by atoms with Crippen LogP contribution in [-0.4, -0.2) is 38.6 Å². The minimum Gasteiger partial charge on any atom is -0.462 e. The van der Waals surface area contributed by atoms with Crippen molar-refractivity contribution in [2.24, 2.45) is 0 Å². The van der Waals surface area contributed by atoms with Crippen molar-refractivity contribution >= 4 is 48.4 Å². The average Bonchev–Trinajstić information content (AvgIpc) is 3.28. The number of carbonyl (C=O) groups is 2. The minimum absolute atomic E-state index is 0. The Morgan fingerprint density at radius 3 is 2.00 bits per heavy atom. The van der Waals surface area contributed by atoms with E-state index < -0.39 is 14.4 Å². The largest absolute Gasteiger partial charge is 0.462 e. The molecule has 6 nitrogen and oxygen atoms in total. The van der Waals surface area contributed by atoms with Gasteiger partial charge in [-0.05, 0) is 163 Å². The summed E-state index contributed by atoms with van der Waals surface area (Å²) in [5.74, 6) is 17.9. The summed E-state index contributed by atoms with van der Waals surface area (Å²) < 4.78 is 17.3. The van der Waals surface area contributed by atoms with E-state index in [1.54, 1.807) is 25.1 Å². The fourth-order valence-corrected chi connectivity index (χ4v) is 8.89. The van der Waals surface area contributed by atoms with Crippen LogP contribution in [0.2, 0.25) is 13.1 Å². The molecular weight excluding hydrogens is 912 g/mol. The highest BCUT2D eigenvalue weighted by molar-refractivity contribution is 14.1. The number of aliphatic hydroxyl groups is 1. The predicted molar refractivity (Wildman–Crippen MR) is 282 cm³/mol. The molecule has 0 amide bonds. The molecule has 0 bridgehead atoms. The Morgan fingerprint density at radius 1 is 0.810 bits per heavy atom. The van der Waals surface area contributed by atoms with Gasteiger partial charge in [0.2, 0.25) is 8.32 Å². The van der Waals surface area contributed by atoms with E-state index in [0.717, 1.165) is 39.2 Å². The van der Waals surface area contributed by atoms with Gasteiger partial charge in [0.1, 0.15) is 0 Å². The number of esters is 2. The average molecular weight is 985 g/mol. The third-order valence-electron chi connectivity index (χ3n) is 9.46. The molecule has 340 valence electrons. The number of terminal acetylenes is 1. The summed E-state index contributed by atoms with van der Waals surface area (Å²) in [6.07, 6.45) is 16.0. The molecule has 63 heavy (non-hydrogen) atoms. The molecule has 0 spiro atoms. The van der Waals surface area contributed by atoms with Crippen molar-refractivity contribution in [2.45, 2.75) is 98.4 Å². The maximum Gasteiger partial charge on any atom is 0.338 e. The van der Waals surface area contributed by atoms with E-state index in [0.29, 0.717) is 30.8 Å². The molecule has 4 aromatic carbocycles. The molecule has 2 unspecified atom stereocenters. The molecule has 1 N–H and O–H groups in total. The topological polar surface area (TPSA) is 82.1 Å². The summed E-state index contributed by atoms with van der Waals surface area (Å²) in [7, 11) is -1.99. The Balaban J connectivity index is -0.000000300. The maximum atomic E-state index is 12.1. The molecule has 1 aliphatic rings. The lowest BCUT2D eigenvalue weighted by Crippen LogP contribution is -2.37. The van der Waals surface area contributed by atoms with Crippen LogP contribution in [-0.2, 0) is 13.9 Å². The molecule has 4 aromatic rings. The van der Waals surface area contributed by atoms with Crippen molar-refractivity contribution in [1.82, 2.24) is 0 Å². The third kappa shape index (κ3) is 20.0. The van der Waals surface area contributed by atoms with Crippen LogP contribution >= 0.6 is 22.6 Å². The third-order valence-corrected chi connectivity index (χ3v) is 12.6. The number of hydrogen-bond donors (Lipinski definition) is 1. The standard InChI is InChI=1S/C25H32O3.C20H16OSi.C9H9IO2.CH4.6H2/c1-3-5-6-8-12-20(17-18-24(26)21-13-9-7-10-14-21)22-15-11-16-23(19-22)25(27)28-4-2;1-4-5-6-7-8-12-15-19-16-17-20(21-22(19,2)3)18-13-10-9-11-14-18;1-2-12-9(11)7-4-3-5-8(10)6-7;;;;;;;/h7,9-11,13-17,19,24,26H,3-6,8,12,18H2,1-2H3;1,9-11,13-14,16,20H,17H2,2-3H3;3-6H,2H2,1H3;1H4;6*1H/b20-17-;;;;;;;;;. The van der Waals surface area contributed by atoms with Crippen molar-refractivity contribution in [2.75, 3.05) is 13.2 Å². The van der Waals surface area contributed by atoms with Crippen LogP contribution in [0.5, 0.6) is 0 Å². The number of halogens is 1. The molecule has 0 aliphatic carbocycles. The number of aliphatic hydroxyl groups excluding tert-OH is 1. The van der Waals surface area contributed by atoms with Gasteiger partial charge >= 0.3 is 11.9 Å². The summed E-state index contributed by atoms with van der Waals surface area (Å²) >= 11 is 2.16. The van der Waals surface area contributed by atoms with Crippen LogP contribution in [0.1, 0.15) is 131 Å². The molecule has 2 atom stereocenters. The second kappa shape index (κ2) is 30.5. The minimum atomic E-state index is -1.99. The fourth-order valence-electron chi connectivity index (χ4n) is 6.30. The Labute approximate surface area is 401 Å². The molecule has 1 heterocycles. The molecule has 0 fully saturated rings. The molecule has 0 saturated carbocycles. The smallest absolute Gasteiger partial charge is 0.338 e. The second-order valence-electron chi connectivity index (χ2n) is 14.5. The fraction of sp³-hybridized carbons (Fsp3) is 0.309. The maximum absolute atomic E-state index is 12.1. The first-order valence-electron chi connectivity index (χ1n) is 21.0. The van der Waals surface area contributed by atoms with Gasteiger partial charge in [0.15, 0.2) is 0 Å². The first-order chi connectivity index (χ1) is 30.0. The Hall–Kier alpha value is -5.59. The summed E-state index contributed by atoms with van der Waals surface area (Å²) in [6, 6.07) is 35.0. The van der Waals surface area contributed by atoms with Crippen molar-refractivity contribution in [1.29, 1.82) is 0 Å². The molecular formula is C55H73IO6Si. The first kappa shape index (κ1) is 53.5. The molecule has 0 saturated heterocycles. The van der Waals surface area contributed by atoms with Gasteiger partial charge in [-0.1, -0.05) is 131 Å². The highest BCUT2D eigenvalue weighted by Crippen LogP contribution is 2.34. The van der Waals surface area contributed by atoms with Crippen LogP contribution in [0.4, 0.5) is 0 Å². The summed E-state index contributed by atoms with van der Waals surface area (Å²) in [5.41, 5.74) is 5.53. The summed E-state index contributed by atoms with van der Waals surface area (Å²) in [4.78, 5) is 23.3. The van der Waals surface area contributed by atoms with Gasteiger partial charge in [0, 0.05) is 17.3 Å². The van der Waals surface area contributed by atoms with E-state index in [4.69, 9.17) is 20.3 Å². The van der Waals surface area contributed by atoms with Gasteiger partial charge < -0.3 is 19.0 Å². The first-order valence-corrected chi connectivity index (χ1v) is 25.0. The van der Waals surface area contributed by atoms with E-state index >= 15 is 0 Å². The van der Waals surface area contributed by atoms with Crippen molar-refractivity contribution < 1.29 is 37.2 Å². The molecule has 0 aromatic heterocycles. The van der Waals surface area contributed by atoms with Gasteiger partial charge in [0.05, 0.1) is 36.5 Å². The summed E-state index contributed by atoms with van der Waals surface area (Å²) in [6.45, 7) is 10.9. The monoisotopic (exact) mass is 984 g/mol. The SMILES string of the molecule is C.C#CC#CC#CC#CC1=CCC(c2ccccc2)O[Si]1(C)C.CCCCCC/C(=C/CC(O)c1ccccc1)c1cccc(C(=O)OCC)c1.CCOC(=O)c1cccc(I)c1.[HH].[HH].[HH].[HH].[HH].[HH]. The summed E-state index contributed by atoms with van der Waals surface area (Å²) in [5, 5.41) is 11.6. The quantitative estimate of drug-likeness (QED) is 0.0446. The lowest BCUT2D eigenvalue weighted by atomic mass is 9.95. The van der Waals surface area contributed by atoms with Gasteiger partial charge in [-0.3, -0.25) is 0 Å². The number of allylic oxidation sites excluding steroid dienone is 2. The lowest BCUT2D eigenvalue weighted by molar-refractivity contribution is 0.0516. The zero-order valence-corrected chi connectivity index (χ0v) is 39.7. The Kier molecular flexibility index (Phi) is 25.9. The number of unbranched alkanes of at least 4 members (excludes halogenated alkanes) is 3. The Morgan fingerprint density at radius 2 is 1.40 bits per heavy atom. The van der Waals surface area contributed by atoms with Crippen LogP contribution in [0.3, 0.4) is 0 Å². The number of carbonyl (C=O) groups excluding carboxylic acids is 2. The zero-order valence-electron chi connectivity index (χ0n) is 36.5. The van der Waals surface area contributed by atoms with Crippen LogP contribution in [0.25, 0.3) is 5.57 Å². The zero-order chi connectivity index (χ0) is 45.0. The number of ether oxygens (including phenoxy) is 2. The van der Waals surface area contributed by atoms with Crippen LogP contribution < -0.4 is 0 Å². The molecule has 5 rings (SSSR count). The van der Waals surface area contributed by atoms with Crippen molar-refractivity contribution in [3.05, 3.63) is 158 Å². The van der Waals surface area contributed by atoms with E-state index in [-0.39, 0.29) is 34.0 Å². The predicted octanol–water partition coefficient (Wildman–Crippen LogP) is 14.4. The second-order valence-corrected chi connectivity index (χ2v) is 19.6. The van der Waals surface area contributed by atoms with Crippen molar-refractivity contribution in [3.63, 3.8) is 0 Å². The van der Waals surface area contributed by atoms with E-state index in [2.05, 4.69) is 108 Å². The molecule has 8 heteroatoms. The van der Waals surface area contributed by atoms with Gasteiger partial charge in [-0.2, -0.15) is 0 Å². The van der Waals surface area contributed by atoms with E-state index in [1.165, 1.54) is 30.4 Å². The van der Waals surface area contributed by atoms with Gasteiger partial charge in [-0.25, -0.2) is 9.59 Å². The van der Waals surface area contributed by atoms with Crippen LogP contribution in [0, 0.1) is 51.4 Å². The van der Waals surface area contributed by atoms with Crippen molar-refractivity contribution in [3.8, 4) is 47.9 Å². The number of rotatable bonds is 14. The molecule has 1 aliphatic heterocycles. The highest BCUT2D eigenvalue weighted by Gasteiger charge is 2.34. The number of hydrogen-bond acceptors (Lipinski definition) is 6. The van der Waals surface area contributed by atoms with Gasteiger partial charge in [-0.15, -0.1) is 6.42 Å².